The van der Waals surface area contributed by atoms with Crippen LogP contribution in [0.1, 0.15) is 72.1 Å². The van der Waals surface area contributed by atoms with Crippen LogP contribution in [-0.4, -0.2) is 17.6 Å². The number of rotatable bonds is 8. The van der Waals surface area contributed by atoms with E-state index in [1.165, 1.54) is 18.9 Å². The third kappa shape index (κ3) is 4.82. The van der Waals surface area contributed by atoms with Gasteiger partial charge in [0.2, 0.25) is 0 Å². The molecule has 1 aliphatic rings. The Morgan fingerprint density at radius 3 is 2.29 bits per heavy atom. The Morgan fingerprint density at radius 2 is 1.86 bits per heavy atom. The summed E-state index contributed by atoms with van der Waals surface area (Å²) in [4.78, 5) is 12.3. The Kier molecular flexibility index (Phi) is 7.41. The van der Waals surface area contributed by atoms with Gasteiger partial charge >= 0.3 is 0 Å². The second kappa shape index (κ2) is 8.55. The molecule has 2 nitrogen and oxygen atoms in total. The second-order valence-electron chi connectivity index (χ2n) is 6.54. The lowest BCUT2D eigenvalue weighted by atomic mass is 9.67. The zero-order chi connectivity index (χ0) is 15.9. The highest BCUT2D eigenvalue weighted by Gasteiger charge is 2.34. The van der Waals surface area contributed by atoms with Gasteiger partial charge in [-0.1, -0.05) is 33.6 Å². The number of aliphatic hydroxyl groups excluding tert-OH is 1. The normalized spacial score (nSPS) is 21.2. The number of halogens is 1. The molecule has 1 unspecified atom stereocenters. The van der Waals surface area contributed by atoms with Gasteiger partial charge in [0.1, 0.15) is 0 Å². The van der Waals surface area contributed by atoms with Gasteiger partial charge in [-0.05, 0) is 43.9 Å². The third-order valence-corrected chi connectivity index (χ3v) is 5.61. The number of allylic oxidation sites excluding steroid dienone is 2. The molecular formula is C18H31FO2. The molecule has 1 aliphatic carbocycles. The van der Waals surface area contributed by atoms with E-state index in [2.05, 4.69) is 13.8 Å². The SMILES string of the molecule is CCC(CCF)C(O)=CC(=O)C1CCC(CC)(CC)CC1. The van der Waals surface area contributed by atoms with Crippen LogP contribution in [0.15, 0.2) is 11.8 Å². The van der Waals surface area contributed by atoms with Gasteiger partial charge in [0.05, 0.1) is 12.4 Å². The molecule has 0 aromatic carbocycles. The van der Waals surface area contributed by atoms with Crippen LogP contribution >= 0.6 is 0 Å². The van der Waals surface area contributed by atoms with Crippen molar-refractivity contribution in [1.29, 1.82) is 0 Å². The zero-order valence-corrected chi connectivity index (χ0v) is 13.8. The Labute approximate surface area is 128 Å². The first kappa shape index (κ1) is 18.2. The average molecular weight is 298 g/mol. The summed E-state index contributed by atoms with van der Waals surface area (Å²) in [6, 6.07) is 0. The topological polar surface area (TPSA) is 37.3 Å². The number of aliphatic hydroxyl groups is 1. The highest BCUT2D eigenvalue weighted by Crippen LogP contribution is 2.44. The third-order valence-electron chi connectivity index (χ3n) is 5.61. The molecule has 1 saturated carbocycles. The number of hydrogen-bond donors (Lipinski definition) is 1. The first-order chi connectivity index (χ1) is 10.0. The van der Waals surface area contributed by atoms with Gasteiger partial charge in [-0.3, -0.25) is 9.18 Å². The Bertz CT molecular complexity index is 348. The summed E-state index contributed by atoms with van der Waals surface area (Å²) >= 11 is 0. The van der Waals surface area contributed by atoms with Crippen LogP contribution in [0, 0.1) is 17.3 Å². The largest absolute Gasteiger partial charge is 0.512 e. The van der Waals surface area contributed by atoms with Crippen LogP contribution in [0.3, 0.4) is 0 Å². The quantitative estimate of drug-likeness (QED) is 0.482. The van der Waals surface area contributed by atoms with E-state index in [0.717, 1.165) is 25.7 Å². The van der Waals surface area contributed by atoms with Gasteiger partial charge in [-0.2, -0.15) is 0 Å². The zero-order valence-electron chi connectivity index (χ0n) is 13.8. The van der Waals surface area contributed by atoms with Crippen LogP contribution in [0.25, 0.3) is 0 Å². The van der Waals surface area contributed by atoms with Gasteiger partial charge < -0.3 is 5.11 Å². The molecule has 0 aliphatic heterocycles. The maximum absolute atomic E-state index is 12.4. The number of carbonyl (C=O) groups is 1. The van der Waals surface area contributed by atoms with E-state index in [-0.39, 0.29) is 23.4 Å². The van der Waals surface area contributed by atoms with Crippen molar-refractivity contribution in [3.63, 3.8) is 0 Å². The first-order valence-corrected chi connectivity index (χ1v) is 8.52. The molecule has 0 amide bonds. The lowest BCUT2D eigenvalue weighted by Gasteiger charge is -2.38. The second-order valence-corrected chi connectivity index (χ2v) is 6.54. The Morgan fingerprint density at radius 1 is 1.29 bits per heavy atom. The molecule has 1 rings (SSSR count). The van der Waals surface area contributed by atoms with E-state index in [9.17, 15) is 14.3 Å². The minimum absolute atomic E-state index is 0.0330. The summed E-state index contributed by atoms with van der Waals surface area (Å²) < 4.78 is 12.4. The van der Waals surface area contributed by atoms with Gasteiger partial charge in [0.25, 0.3) is 0 Å². The van der Waals surface area contributed by atoms with Crippen molar-refractivity contribution in [1.82, 2.24) is 0 Å². The summed E-state index contributed by atoms with van der Waals surface area (Å²) in [5.41, 5.74) is 0.419. The Balaban J connectivity index is 2.61. The summed E-state index contributed by atoms with van der Waals surface area (Å²) in [6.07, 6.45) is 8.75. The van der Waals surface area contributed by atoms with Crippen molar-refractivity contribution in [3.8, 4) is 0 Å². The molecule has 0 saturated heterocycles. The van der Waals surface area contributed by atoms with Gasteiger partial charge in [0.15, 0.2) is 5.78 Å². The Hall–Kier alpha value is -0.860. The van der Waals surface area contributed by atoms with Crippen molar-refractivity contribution in [2.45, 2.75) is 72.1 Å². The van der Waals surface area contributed by atoms with E-state index >= 15 is 0 Å². The van der Waals surface area contributed by atoms with Crippen molar-refractivity contribution in [2.24, 2.45) is 17.3 Å². The molecule has 0 aromatic heterocycles. The fourth-order valence-electron chi connectivity index (χ4n) is 3.55. The van der Waals surface area contributed by atoms with E-state index < -0.39 is 6.67 Å². The highest BCUT2D eigenvalue weighted by atomic mass is 19.1. The molecule has 1 atom stereocenters. The smallest absolute Gasteiger partial charge is 0.162 e. The van der Waals surface area contributed by atoms with Crippen molar-refractivity contribution < 1.29 is 14.3 Å². The number of ketones is 1. The maximum Gasteiger partial charge on any atom is 0.162 e. The highest BCUT2D eigenvalue weighted by molar-refractivity contribution is 5.92. The van der Waals surface area contributed by atoms with Crippen LogP contribution in [0.2, 0.25) is 0 Å². The number of carbonyl (C=O) groups excluding carboxylic acids is 1. The molecular weight excluding hydrogens is 267 g/mol. The van der Waals surface area contributed by atoms with Crippen LogP contribution in [0.5, 0.6) is 0 Å². The molecule has 122 valence electrons. The lowest BCUT2D eigenvalue weighted by molar-refractivity contribution is -0.120. The van der Waals surface area contributed by atoms with Crippen LogP contribution in [-0.2, 0) is 4.79 Å². The average Bonchev–Trinajstić information content (AvgIpc) is 2.52. The molecule has 0 heterocycles. The minimum atomic E-state index is -0.455. The van der Waals surface area contributed by atoms with E-state index in [4.69, 9.17) is 0 Å². The summed E-state index contributed by atoms with van der Waals surface area (Å²) in [5, 5.41) is 10.0. The van der Waals surface area contributed by atoms with Crippen LogP contribution in [0.4, 0.5) is 4.39 Å². The van der Waals surface area contributed by atoms with Gasteiger partial charge in [-0.15, -0.1) is 0 Å². The number of alkyl halides is 1. The van der Waals surface area contributed by atoms with Crippen molar-refractivity contribution >= 4 is 5.78 Å². The van der Waals surface area contributed by atoms with Gasteiger partial charge in [0, 0.05) is 17.9 Å². The molecule has 0 spiro atoms. The van der Waals surface area contributed by atoms with E-state index in [1.54, 1.807) is 0 Å². The summed E-state index contributed by atoms with van der Waals surface area (Å²) in [5.74, 6) is -0.0669. The monoisotopic (exact) mass is 298 g/mol. The fourth-order valence-corrected chi connectivity index (χ4v) is 3.55. The summed E-state index contributed by atoms with van der Waals surface area (Å²) in [6.45, 7) is 5.93. The molecule has 1 N–H and O–H groups in total. The van der Waals surface area contributed by atoms with Crippen molar-refractivity contribution in [2.75, 3.05) is 6.67 Å². The number of hydrogen-bond acceptors (Lipinski definition) is 2. The minimum Gasteiger partial charge on any atom is -0.512 e. The van der Waals surface area contributed by atoms with Gasteiger partial charge in [-0.25, -0.2) is 0 Å². The molecule has 0 aromatic rings. The van der Waals surface area contributed by atoms with Crippen LogP contribution < -0.4 is 0 Å². The lowest BCUT2D eigenvalue weighted by Crippen LogP contribution is -2.29. The molecule has 21 heavy (non-hydrogen) atoms. The fraction of sp³-hybridized carbons (Fsp3) is 0.833. The summed E-state index contributed by atoms with van der Waals surface area (Å²) in [7, 11) is 0. The molecule has 0 bridgehead atoms. The van der Waals surface area contributed by atoms with Crippen molar-refractivity contribution in [3.05, 3.63) is 11.8 Å². The molecule has 1 fully saturated rings. The van der Waals surface area contributed by atoms with E-state index in [1.807, 2.05) is 6.92 Å². The predicted molar refractivity (Wildman–Crippen MR) is 85.1 cm³/mol. The molecule has 3 heteroatoms. The predicted octanol–water partition coefficient (Wildman–Crippen LogP) is 5.38. The molecule has 0 radical (unpaired) electrons. The standard InChI is InChI=1S/C18H31FO2/c1-4-14(9-12-19)16(20)13-17(21)15-7-10-18(5-2,6-3)11-8-15/h13-15,20H,4-12H2,1-3H3. The first-order valence-electron chi connectivity index (χ1n) is 8.52. The maximum atomic E-state index is 12.4. The van der Waals surface area contributed by atoms with E-state index in [0.29, 0.717) is 18.3 Å².